The van der Waals surface area contributed by atoms with Crippen molar-refractivity contribution in [1.82, 2.24) is 0 Å². The summed E-state index contributed by atoms with van der Waals surface area (Å²) in [5, 5.41) is 0. The van der Waals surface area contributed by atoms with Crippen molar-refractivity contribution in [2.45, 2.75) is 0 Å². The third kappa shape index (κ3) is 2.60. The van der Waals surface area contributed by atoms with Gasteiger partial charge in [-0.1, -0.05) is 24.3 Å². The van der Waals surface area contributed by atoms with Crippen molar-refractivity contribution in [3.63, 3.8) is 0 Å². The molecule has 1 heteroatoms. The predicted molar refractivity (Wildman–Crippen MR) is 24.1 cm³/mol. The average molecular weight is 167 g/mol. The topological polar surface area (TPSA) is 0 Å². The average Bonchev–Trinajstić information content (AvgIpc) is 1.72. The van der Waals surface area contributed by atoms with Gasteiger partial charge < -0.3 is 0 Å². The van der Waals surface area contributed by atoms with Crippen molar-refractivity contribution in [2.24, 2.45) is 0 Å². The summed E-state index contributed by atoms with van der Waals surface area (Å²) in [6, 6.07) is 13.0. The normalized spacial score (nSPS) is 5.71. The molecule has 0 saturated carbocycles. The summed E-state index contributed by atoms with van der Waals surface area (Å²) in [6.07, 6.45) is 0. The Morgan fingerprint density at radius 3 is 1.43 bits per heavy atom. The van der Waals surface area contributed by atoms with Crippen molar-refractivity contribution in [1.29, 1.82) is 0 Å². The molecule has 0 aliphatic carbocycles. The number of rotatable bonds is 0. The van der Waals surface area contributed by atoms with Crippen LogP contribution >= 0.6 is 0 Å². The molecule has 1 aromatic rings. The number of hydrogen-bond acceptors (Lipinski definition) is 0. The van der Waals surface area contributed by atoms with Crippen LogP contribution in [0, 0.1) is 12.1 Å². The molecule has 0 aliphatic heterocycles. The van der Waals surface area contributed by atoms with E-state index in [1.54, 1.807) is 0 Å². The van der Waals surface area contributed by atoms with E-state index in [4.69, 9.17) is 0 Å². The summed E-state index contributed by atoms with van der Waals surface area (Å²) in [5.41, 5.74) is 0. The second-order valence-corrected chi connectivity index (χ2v) is 1.01. The Balaban J connectivity index is 0.000000360. The van der Waals surface area contributed by atoms with Crippen LogP contribution in [0.15, 0.2) is 24.3 Å². The van der Waals surface area contributed by atoms with Gasteiger partial charge in [0.15, 0.2) is 0 Å². The largest absolute Gasteiger partial charge is 0.0702 e. The van der Waals surface area contributed by atoms with Crippen molar-refractivity contribution in [3.8, 4) is 0 Å². The van der Waals surface area contributed by atoms with Crippen LogP contribution in [0.5, 0.6) is 0 Å². The van der Waals surface area contributed by atoms with Crippen molar-refractivity contribution >= 4 is 0 Å². The zero-order chi connectivity index (χ0) is 4.24. The minimum atomic E-state index is 0. The van der Waals surface area contributed by atoms with Gasteiger partial charge in [-0.15, -0.1) is 0 Å². The molecule has 0 unspecified atom stereocenters. The zero-order valence-electron chi connectivity index (χ0n) is 3.81. The van der Waals surface area contributed by atoms with Crippen LogP contribution in [0.3, 0.4) is 0 Å². The molecule has 0 aliphatic rings. The summed E-state index contributed by atoms with van der Waals surface area (Å²) >= 11 is 0. The van der Waals surface area contributed by atoms with E-state index in [2.05, 4.69) is 12.1 Å². The van der Waals surface area contributed by atoms with Gasteiger partial charge in [-0.05, 0) is 12.1 Å². The van der Waals surface area contributed by atoms with Crippen LogP contribution in [0.2, 0.25) is 0 Å². The molecule has 0 spiro atoms. The van der Waals surface area contributed by atoms with Gasteiger partial charge in [0.25, 0.3) is 0 Å². The summed E-state index contributed by atoms with van der Waals surface area (Å²) < 4.78 is 0. The molecular formula is C6H4Zr. The fraction of sp³-hybridized carbons (Fsp3) is 0. The van der Waals surface area contributed by atoms with E-state index in [1.165, 1.54) is 0 Å². The Hall–Kier alpha value is -0.0769. The monoisotopic (exact) mass is 166 g/mol. The fourth-order valence-corrected chi connectivity index (χ4v) is 0.304. The first kappa shape index (κ1) is 6.92. The minimum absolute atomic E-state index is 0. The van der Waals surface area contributed by atoms with Gasteiger partial charge in [-0.25, -0.2) is 0 Å². The van der Waals surface area contributed by atoms with E-state index >= 15 is 0 Å². The minimum Gasteiger partial charge on any atom is -0.0702 e. The molecule has 0 N–H and O–H groups in total. The van der Waals surface area contributed by atoms with Crippen LogP contribution in [0.4, 0.5) is 0 Å². The third-order valence-electron chi connectivity index (χ3n) is 0.554. The smallest absolute Gasteiger partial charge is 0 e. The van der Waals surface area contributed by atoms with E-state index in [1.807, 2.05) is 24.3 Å². The molecule has 1 rings (SSSR count). The second-order valence-electron chi connectivity index (χ2n) is 1.01. The molecule has 0 heterocycles. The number of hydrogen-bond donors (Lipinski definition) is 0. The molecule has 0 amide bonds. The maximum atomic E-state index is 2.77. The first-order valence-corrected chi connectivity index (χ1v) is 1.83. The molecule has 1 aromatic carbocycles. The second kappa shape index (κ2) is 4.09. The summed E-state index contributed by atoms with van der Waals surface area (Å²) in [6.45, 7) is 0. The summed E-state index contributed by atoms with van der Waals surface area (Å²) in [5.74, 6) is 0. The van der Waals surface area contributed by atoms with Gasteiger partial charge >= 0.3 is 0 Å². The van der Waals surface area contributed by atoms with E-state index in [0.29, 0.717) is 0 Å². The molecule has 32 valence electrons. The van der Waals surface area contributed by atoms with Crippen LogP contribution in [0.1, 0.15) is 0 Å². The SMILES string of the molecule is [Zr].c1ccccc#1. The maximum absolute atomic E-state index is 2.77. The Morgan fingerprint density at radius 1 is 0.857 bits per heavy atom. The molecule has 0 bridgehead atoms. The predicted octanol–water partition coefficient (Wildman–Crippen LogP) is 1.28. The van der Waals surface area contributed by atoms with Gasteiger partial charge in [-0.2, -0.15) is 0 Å². The van der Waals surface area contributed by atoms with Crippen LogP contribution < -0.4 is 0 Å². The first-order valence-electron chi connectivity index (χ1n) is 1.83. The standard InChI is InChI=1S/C6H4.Zr/c1-2-4-6-5-3-1;/h1-4H;. The van der Waals surface area contributed by atoms with Gasteiger partial charge in [-0.3, -0.25) is 0 Å². The van der Waals surface area contributed by atoms with Crippen molar-refractivity contribution in [2.75, 3.05) is 0 Å². The Bertz CT molecular complexity index is 76.1. The third-order valence-corrected chi connectivity index (χ3v) is 0.554. The van der Waals surface area contributed by atoms with E-state index < -0.39 is 0 Å². The molecule has 0 saturated heterocycles. The van der Waals surface area contributed by atoms with Crippen molar-refractivity contribution in [3.05, 3.63) is 36.4 Å². The Kier molecular flexibility index (Phi) is 4.05. The molecule has 0 radical (unpaired) electrons. The Labute approximate surface area is 62.7 Å². The van der Waals surface area contributed by atoms with Crippen LogP contribution in [-0.4, -0.2) is 0 Å². The molecule has 0 nitrogen and oxygen atoms in total. The van der Waals surface area contributed by atoms with E-state index in [0.717, 1.165) is 0 Å². The van der Waals surface area contributed by atoms with Gasteiger partial charge in [0, 0.05) is 26.2 Å². The fourth-order valence-electron chi connectivity index (χ4n) is 0.304. The summed E-state index contributed by atoms with van der Waals surface area (Å²) in [4.78, 5) is 0. The molecule has 0 aromatic heterocycles. The maximum Gasteiger partial charge on any atom is 0 e. The molecule has 0 fully saturated rings. The zero-order valence-corrected chi connectivity index (χ0v) is 6.27. The van der Waals surface area contributed by atoms with Gasteiger partial charge in [0.05, 0.1) is 0 Å². The quantitative estimate of drug-likeness (QED) is 0.546. The first-order chi connectivity index (χ1) is 3.00. The van der Waals surface area contributed by atoms with E-state index in [-0.39, 0.29) is 26.2 Å². The molecule has 0 atom stereocenters. The van der Waals surface area contributed by atoms with E-state index in [9.17, 15) is 0 Å². The van der Waals surface area contributed by atoms with Crippen LogP contribution in [-0.2, 0) is 26.2 Å². The summed E-state index contributed by atoms with van der Waals surface area (Å²) in [7, 11) is 0. The van der Waals surface area contributed by atoms with Crippen LogP contribution in [0.25, 0.3) is 0 Å². The van der Waals surface area contributed by atoms with Gasteiger partial charge in [0.2, 0.25) is 0 Å². The Morgan fingerprint density at radius 2 is 1.29 bits per heavy atom. The molecular weight excluding hydrogens is 163 g/mol. The molecule has 7 heavy (non-hydrogen) atoms. The van der Waals surface area contributed by atoms with Gasteiger partial charge in [0.1, 0.15) is 0 Å². The van der Waals surface area contributed by atoms with Crippen molar-refractivity contribution < 1.29 is 26.2 Å².